The Hall–Kier alpha value is -1.31. The van der Waals surface area contributed by atoms with Gasteiger partial charge in [0, 0.05) is 0 Å². The molecule has 0 atom stereocenters. The van der Waals surface area contributed by atoms with Crippen molar-refractivity contribution in [2.45, 2.75) is 57.8 Å². The molecule has 1 aliphatic carbocycles. The van der Waals surface area contributed by atoms with E-state index in [9.17, 15) is 4.79 Å². The number of ether oxygens (including phenoxy) is 1. The number of methoxy groups -OCH3 is 1. The van der Waals surface area contributed by atoms with E-state index in [1.807, 2.05) is 0 Å². The van der Waals surface area contributed by atoms with Crippen molar-refractivity contribution in [2.75, 3.05) is 7.11 Å². The highest BCUT2D eigenvalue weighted by Gasteiger charge is 2.27. The summed E-state index contributed by atoms with van der Waals surface area (Å²) in [5.74, 6) is 0.682. The summed E-state index contributed by atoms with van der Waals surface area (Å²) in [4.78, 5) is 11.5. The quantitative estimate of drug-likeness (QED) is 0.746. The Balaban J connectivity index is 1.99. The van der Waals surface area contributed by atoms with Crippen LogP contribution in [0.1, 0.15) is 63.5 Å². The second kappa shape index (κ2) is 5.99. The summed E-state index contributed by atoms with van der Waals surface area (Å²) in [5.41, 5.74) is 3.01. The van der Waals surface area contributed by atoms with Crippen molar-refractivity contribution in [2.24, 2.45) is 5.92 Å². The van der Waals surface area contributed by atoms with Gasteiger partial charge in [0.25, 0.3) is 0 Å². The molecule has 0 unspecified atom stereocenters. The van der Waals surface area contributed by atoms with Gasteiger partial charge < -0.3 is 4.74 Å². The molecule has 1 saturated carbocycles. The van der Waals surface area contributed by atoms with Crippen LogP contribution in [0, 0.1) is 5.92 Å². The molecule has 0 bridgehead atoms. The second-order valence-electron chi connectivity index (χ2n) is 6.94. The minimum absolute atomic E-state index is 0.0356. The highest BCUT2D eigenvalue weighted by Crippen LogP contribution is 2.36. The summed E-state index contributed by atoms with van der Waals surface area (Å²) in [5, 5.41) is 0. The Morgan fingerprint density at radius 1 is 1.05 bits per heavy atom. The first-order chi connectivity index (χ1) is 9.41. The molecule has 20 heavy (non-hydrogen) atoms. The number of hydrogen-bond donors (Lipinski definition) is 0. The number of carbonyl (C=O) groups is 1. The zero-order valence-corrected chi connectivity index (χ0v) is 13.1. The SMILES string of the molecule is COC(=O)[C@H]1CC[C@@H](c2ccc(C(C)(C)C)cc2)CC1. The van der Waals surface area contributed by atoms with Gasteiger partial charge in [-0.2, -0.15) is 0 Å². The highest BCUT2D eigenvalue weighted by molar-refractivity contribution is 5.72. The smallest absolute Gasteiger partial charge is 0.308 e. The maximum absolute atomic E-state index is 11.5. The van der Waals surface area contributed by atoms with E-state index in [1.165, 1.54) is 18.2 Å². The van der Waals surface area contributed by atoms with Crippen LogP contribution in [0.25, 0.3) is 0 Å². The summed E-state index contributed by atoms with van der Waals surface area (Å²) >= 11 is 0. The third-order valence-electron chi connectivity index (χ3n) is 4.51. The lowest BCUT2D eigenvalue weighted by Crippen LogP contribution is -2.22. The largest absolute Gasteiger partial charge is 0.469 e. The molecule has 0 amide bonds. The highest BCUT2D eigenvalue weighted by atomic mass is 16.5. The molecule has 2 rings (SSSR count). The van der Waals surface area contributed by atoms with Crippen LogP contribution in [0.4, 0.5) is 0 Å². The van der Waals surface area contributed by atoms with Gasteiger partial charge in [-0.1, -0.05) is 45.0 Å². The first-order valence-electron chi connectivity index (χ1n) is 7.60. The fraction of sp³-hybridized carbons (Fsp3) is 0.611. The van der Waals surface area contributed by atoms with Crippen molar-refractivity contribution in [3.63, 3.8) is 0 Å². The van der Waals surface area contributed by atoms with Crippen LogP contribution in [0.15, 0.2) is 24.3 Å². The van der Waals surface area contributed by atoms with Gasteiger partial charge in [-0.25, -0.2) is 0 Å². The lowest BCUT2D eigenvalue weighted by molar-refractivity contribution is -0.146. The van der Waals surface area contributed by atoms with Gasteiger partial charge in [0.15, 0.2) is 0 Å². The summed E-state index contributed by atoms with van der Waals surface area (Å²) in [7, 11) is 1.49. The molecular formula is C18H26O2. The number of benzene rings is 1. The lowest BCUT2D eigenvalue weighted by atomic mass is 9.78. The van der Waals surface area contributed by atoms with Gasteiger partial charge in [-0.15, -0.1) is 0 Å². The molecule has 110 valence electrons. The van der Waals surface area contributed by atoms with Crippen LogP contribution in [0.2, 0.25) is 0 Å². The predicted molar refractivity (Wildman–Crippen MR) is 81.9 cm³/mol. The van der Waals surface area contributed by atoms with Crippen molar-refractivity contribution in [1.82, 2.24) is 0 Å². The summed E-state index contributed by atoms with van der Waals surface area (Å²) < 4.78 is 4.84. The molecular weight excluding hydrogens is 248 g/mol. The molecule has 1 fully saturated rings. The molecule has 0 aromatic heterocycles. The Labute approximate surface area is 122 Å². The van der Waals surface area contributed by atoms with Gasteiger partial charge in [0.2, 0.25) is 0 Å². The van der Waals surface area contributed by atoms with Crippen LogP contribution in [-0.2, 0) is 14.9 Å². The molecule has 1 aliphatic rings. The number of rotatable bonds is 2. The van der Waals surface area contributed by atoms with Gasteiger partial charge in [0.1, 0.15) is 0 Å². The van der Waals surface area contributed by atoms with Crippen LogP contribution in [0.5, 0.6) is 0 Å². The van der Waals surface area contributed by atoms with Crippen LogP contribution in [-0.4, -0.2) is 13.1 Å². The first-order valence-corrected chi connectivity index (χ1v) is 7.60. The Morgan fingerprint density at radius 3 is 2.05 bits per heavy atom. The third kappa shape index (κ3) is 3.41. The van der Waals surface area contributed by atoms with E-state index in [1.54, 1.807) is 0 Å². The molecule has 2 heteroatoms. The first kappa shape index (κ1) is 15.1. The molecule has 1 aromatic rings. The van der Waals surface area contributed by atoms with Crippen molar-refractivity contribution < 1.29 is 9.53 Å². The van der Waals surface area contributed by atoms with Crippen molar-refractivity contribution >= 4 is 5.97 Å². The van der Waals surface area contributed by atoms with Gasteiger partial charge in [0.05, 0.1) is 13.0 Å². The van der Waals surface area contributed by atoms with Crippen LogP contribution >= 0.6 is 0 Å². The monoisotopic (exact) mass is 274 g/mol. The van der Waals surface area contributed by atoms with Crippen molar-refractivity contribution in [3.8, 4) is 0 Å². The normalized spacial score (nSPS) is 23.4. The van der Waals surface area contributed by atoms with Crippen molar-refractivity contribution in [1.29, 1.82) is 0 Å². The van der Waals surface area contributed by atoms with E-state index in [-0.39, 0.29) is 17.3 Å². The molecule has 0 radical (unpaired) electrons. The minimum atomic E-state index is -0.0356. The minimum Gasteiger partial charge on any atom is -0.469 e. The van der Waals surface area contributed by atoms with Crippen molar-refractivity contribution in [3.05, 3.63) is 35.4 Å². The Morgan fingerprint density at radius 2 is 1.60 bits per heavy atom. The Bertz CT molecular complexity index is 445. The number of hydrogen-bond acceptors (Lipinski definition) is 2. The van der Waals surface area contributed by atoms with Gasteiger partial charge in [-0.3, -0.25) is 4.79 Å². The molecule has 0 heterocycles. The number of esters is 1. The molecule has 0 aliphatic heterocycles. The van der Waals surface area contributed by atoms with Crippen LogP contribution < -0.4 is 0 Å². The predicted octanol–water partition coefficient (Wildman–Crippen LogP) is 4.43. The lowest BCUT2D eigenvalue weighted by Gasteiger charge is -2.28. The average molecular weight is 274 g/mol. The van der Waals surface area contributed by atoms with Crippen LogP contribution in [0.3, 0.4) is 0 Å². The third-order valence-corrected chi connectivity index (χ3v) is 4.51. The topological polar surface area (TPSA) is 26.3 Å². The fourth-order valence-corrected chi connectivity index (χ4v) is 3.08. The van der Waals surface area contributed by atoms with E-state index in [0.717, 1.165) is 25.7 Å². The van der Waals surface area contributed by atoms with Gasteiger partial charge >= 0.3 is 5.97 Å². The maximum Gasteiger partial charge on any atom is 0.308 e. The fourth-order valence-electron chi connectivity index (χ4n) is 3.08. The van der Waals surface area contributed by atoms with Gasteiger partial charge in [-0.05, 0) is 48.1 Å². The average Bonchev–Trinajstić information content (AvgIpc) is 2.46. The standard InChI is InChI=1S/C18H26O2/c1-18(2,3)16-11-9-14(10-12-16)13-5-7-15(8-6-13)17(19)20-4/h9-13,15H,5-8H2,1-4H3/t13-,15+. The van der Waals surface area contributed by atoms with E-state index in [0.29, 0.717) is 5.92 Å². The maximum atomic E-state index is 11.5. The second-order valence-corrected chi connectivity index (χ2v) is 6.94. The molecule has 0 saturated heterocycles. The van der Waals surface area contributed by atoms with E-state index >= 15 is 0 Å². The summed E-state index contributed by atoms with van der Waals surface area (Å²) in [6, 6.07) is 9.04. The summed E-state index contributed by atoms with van der Waals surface area (Å²) in [6.07, 6.45) is 4.10. The van der Waals surface area contributed by atoms with E-state index < -0.39 is 0 Å². The van der Waals surface area contributed by atoms with E-state index in [2.05, 4.69) is 45.0 Å². The zero-order chi connectivity index (χ0) is 14.8. The molecule has 0 spiro atoms. The molecule has 0 N–H and O–H groups in total. The summed E-state index contributed by atoms with van der Waals surface area (Å²) in [6.45, 7) is 6.72. The van der Waals surface area contributed by atoms with E-state index in [4.69, 9.17) is 4.74 Å². The zero-order valence-electron chi connectivity index (χ0n) is 13.1. The molecule has 1 aromatic carbocycles. The number of carbonyl (C=O) groups excluding carboxylic acids is 1. The Kier molecular flexibility index (Phi) is 4.52. The molecule has 2 nitrogen and oxygen atoms in total.